The average molecular weight is 272 g/mol. The van der Waals surface area contributed by atoms with E-state index in [9.17, 15) is 9.18 Å². The first-order valence-electron chi connectivity index (χ1n) is 6.18. The van der Waals surface area contributed by atoms with Gasteiger partial charge in [0.1, 0.15) is 5.82 Å². The minimum absolute atomic E-state index is 0.249. The molecule has 0 aliphatic rings. The summed E-state index contributed by atoms with van der Waals surface area (Å²) in [5, 5.41) is 0. The number of rotatable bonds is 2. The Morgan fingerprint density at radius 3 is 2.85 bits per heavy atom. The van der Waals surface area contributed by atoms with Gasteiger partial charge in [-0.15, -0.1) is 0 Å². The fourth-order valence-corrected chi connectivity index (χ4v) is 2.21. The summed E-state index contributed by atoms with van der Waals surface area (Å²) in [6, 6.07) is 9.51. The maximum Gasteiger partial charge on any atom is 0.420 e. The van der Waals surface area contributed by atoms with Gasteiger partial charge in [-0.25, -0.2) is 9.18 Å². The lowest BCUT2D eigenvalue weighted by Gasteiger charge is -2.07. The van der Waals surface area contributed by atoms with Crippen LogP contribution in [0.2, 0.25) is 0 Å². The third kappa shape index (κ3) is 2.07. The molecule has 1 aromatic heterocycles. The van der Waals surface area contributed by atoms with Gasteiger partial charge in [-0.05, 0) is 48.4 Å². The standard InChI is InChI=1S/C15H13FN2O2/c1-9-2-3-11(16)6-10(9)8-18-13-7-12(17)4-5-14(13)20-15(18)19/h2-7H,8,17H2,1H3. The van der Waals surface area contributed by atoms with Crippen LogP contribution in [-0.2, 0) is 6.54 Å². The normalized spacial score (nSPS) is 11.1. The Kier molecular flexibility index (Phi) is 2.82. The zero-order valence-electron chi connectivity index (χ0n) is 10.9. The van der Waals surface area contributed by atoms with E-state index in [1.165, 1.54) is 16.7 Å². The van der Waals surface area contributed by atoms with Crippen molar-refractivity contribution in [2.45, 2.75) is 13.5 Å². The molecule has 0 amide bonds. The van der Waals surface area contributed by atoms with E-state index in [0.717, 1.165) is 11.1 Å². The molecule has 0 fully saturated rings. The van der Waals surface area contributed by atoms with Crippen molar-refractivity contribution in [3.8, 4) is 0 Å². The molecule has 0 radical (unpaired) electrons. The number of nitrogens with zero attached hydrogens (tertiary/aromatic N) is 1. The average Bonchev–Trinajstić information content (AvgIpc) is 2.70. The van der Waals surface area contributed by atoms with Gasteiger partial charge in [0.15, 0.2) is 5.58 Å². The number of hydrogen-bond acceptors (Lipinski definition) is 3. The number of oxazole rings is 1. The molecule has 1 heterocycles. The number of nitrogens with two attached hydrogens (primary N) is 1. The summed E-state index contributed by atoms with van der Waals surface area (Å²) < 4.78 is 19.9. The molecule has 2 N–H and O–H groups in total. The Bertz CT molecular complexity index is 849. The van der Waals surface area contributed by atoms with E-state index in [0.29, 0.717) is 16.8 Å². The molecule has 2 aromatic carbocycles. The summed E-state index contributed by atoms with van der Waals surface area (Å²) in [7, 11) is 0. The van der Waals surface area contributed by atoms with Crippen LogP contribution in [0.4, 0.5) is 10.1 Å². The van der Waals surface area contributed by atoms with E-state index in [-0.39, 0.29) is 12.4 Å². The predicted molar refractivity (Wildman–Crippen MR) is 75.1 cm³/mol. The Morgan fingerprint density at radius 2 is 2.05 bits per heavy atom. The van der Waals surface area contributed by atoms with E-state index in [2.05, 4.69) is 0 Å². The highest BCUT2D eigenvalue weighted by atomic mass is 19.1. The smallest absolute Gasteiger partial charge is 0.408 e. The molecule has 0 saturated heterocycles. The largest absolute Gasteiger partial charge is 0.420 e. The van der Waals surface area contributed by atoms with Crippen molar-refractivity contribution in [3.05, 3.63) is 63.9 Å². The van der Waals surface area contributed by atoms with Crippen LogP contribution in [0.25, 0.3) is 11.1 Å². The zero-order valence-corrected chi connectivity index (χ0v) is 10.9. The summed E-state index contributed by atoms with van der Waals surface area (Å²) in [6.45, 7) is 2.12. The first-order valence-corrected chi connectivity index (χ1v) is 6.18. The molecule has 0 atom stereocenters. The minimum Gasteiger partial charge on any atom is -0.408 e. The number of nitrogen functional groups attached to an aromatic ring is 1. The number of halogens is 1. The maximum atomic E-state index is 13.3. The number of aromatic nitrogens is 1. The quantitative estimate of drug-likeness (QED) is 0.729. The molecule has 0 bridgehead atoms. The minimum atomic E-state index is -0.478. The molecule has 0 aliphatic carbocycles. The van der Waals surface area contributed by atoms with Crippen LogP contribution in [0.5, 0.6) is 0 Å². The molecular weight excluding hydrogens is 259 g/mol. The highest BCUT2D eigenvalue weighted by molar-refractivity contribution is 5.77. The number of anilines is 1. The lowest BCUT2D eigenvalue weighted by molar-refractivity contribution is 0.516. The van der Waals surface area contributed by atoms with Gasteiger partial charge in [-0.2, -0.15) is 0 Å². The third-order valence-corrected chi connectivity index (χ3v) is 3.33. The van der Waals surface area contributed by atoms with Crippen LogP contribution in [0.15, 0.2) is 45.6 Å². The fraction of sp³-hybridized carbons (Fsp3) is 0.133. The van der Waals surface area contributed by atoms with Crippen molar-refractivity contribution in [1.82, 2.24) is 4.57 Å². The molecule has 3 rings (SSSR count). The number of hydrogen-bond donors (Lipinski definition) is 1. The monoisotopic (exact) mass is 272 g/mol. The van der Waals surface area contributed by atoms with Gasteiger partial charge >= 0.3 is 5.76 Å². The summed E-state index contributed by atoms with van der Waals surface area (Å²) in [4.78, 5) is 11.9. The van der Waals surface area contributed by atoms with Crippen LogP contribution < -0.4 is 11.5 Å². The molecule has 0 spiro atoms. The molecular formula is C15H13FN2O2. The third-order valence-electron chi connectivity index (χ3n) is 3.33. The predicted octanol–water partition coefficient (Wildman–Crippen LogP) is 2.67. The van der Waals surface area contributed by atoms with Crippen molar-refractivity contribution in [1.29, 1.82) is 0 Å². The maximum absolute atomic E-state index is 13.3. The van der Waals surface area contributed by atoms with Gasteiger partial charge in [0, 0.05) is 5.69 Å². The molecule has 0 unspecified atom stereocenters. The Labute approximate surface area is 114 Å². The molecule has 102 valence electrons. The second kappa shape index (κ2) is 4.52. The Hall–Kier alpha value is -2.56. The van der Waals surface area contributed by atoms with Gasteiger partial charge in [0.05, 0.1) is 12.1 Å². The van der Waals surface area contributed by atoms with E-state index in [4.69, 9.17) is 10.2 Å². The van der Waals surface area contributed by atoms with Gasteiger partial charge in [-0.1, -0.05) is 6.07 Å². The van der Waals surface area contributed by atoms with E-state index < -0.39 is 5.76 Å². The van der Waals surface area contributed by atoms with Gasteiger partial charge in [-0.3, -0.25) is 4.57 Å². The van der Waals surface area contributed by atoms with E-state index in [1.807, 2.05) is 6.92 Å². The Balaban J connectivity index is 2.15. The number of aryl methyl sites for hydroxylation is 1. The zero-order chi connectivity index (χ0) is 14.3. The van der Waals surface area contributed by atoms with Crippen LogP contribution in [0.1, 0.15) is 11.1 Å². The van der Waals surface area contributed by atoms with Crippen molar-refractivity contribution in [2.75, 3.05) is 5.73 Å². The van der Waals surface area contributed by atoms with E-state index in [1.54, 1.807) is 24.3 Å². The van der Waals surface area contributed by atoms with E-state index >= 15 is 0 Å². The molecule has 4 nitrogen and oxygen atoms in total. The van der Waals surface area contributed by atoms with Crippen molar-refractivity contribution < 1.29 is 8.81 Å². The topological polar surface area (TPSA) is 61.2 Å². The van der Waals surface area contributed by atoms with Crippen LogP contribution in [0, 0.1) is 12.7 Å². The van der Waals surface area contributed by atoms with Crippen LogP contribution in [0.3, 0.4) is 0 Å². The molecule has 0 aliphatic heterocycles. The summed E-state index contributed by atoms with van der Waals surface area (Å²) in [5.41, 5.74) is 9.00. The lowest BCUT2D eigenvalue weighted by atomic mass is 10.1. The highest BCUT2D eigenvalue weighted by Gasteiger charge is 2.11. The second-order valence-electron chi connectivity index (χ2n) is 4.75. The molecule has 5 heteroatoms. The Morgan fingerprint density at radius 1 is 1.25 bits per heavy atom. The van der Waals surface area contributed by atoms with Gasteiger partial charge < -0.3 is 10.2 Å². The summed E-state index contributed by atoms with van der Waals surface area (Å²) >= 11 is 0. The first kappa shape index (κ1) is 12.5. The SMILES string of the molecule is Cc1ccc(F)cc1Cn1c(=O)oc2ccc(N)cc21. The number of fused-ring (bicyclic) bond motifs is 1. The summed E-state index contributed by atoms with van der Waals surface area (Å²) in [5.74, 6) is -0.805. The number of benzene rings is 2. The fourth-order valence-electron chi connectivity index (χ4n) is 2.21. The van der Waals surface area contributed by atoms with Crippen molar-refractivity contribution >= 4 is 16.8 Å². The van der Waals surface area contributed by atoms with Gasteiger partial charge in [0.25, 0.3) is 0 Å². The van der Waals surface area contributed by atoms with Gasteiger partial charge in [0.2, 0.25) is 0 Å². The highest BCUT2D eigenvalue weighted by Crippen LogP contribution is 2.19. The lowest BCUT2D eigenvalue weighted by Crippen LogP contribution is -2.15. The van der Waals surface area contributed by atoms with Crippen molar-refractivity contribution in [3.63, 3.8) is 0 Å². The summed E-state index contributed by atoms with van der Waals surface area (Å²) in [6.07, 6.45) is 0. The second-order valence-corrected chi connectivity index (χ2v) is 4.75. The first-order chi connectivity index (χ1) is 9.54. The van der Waals surface area contributed by atoms with Crippen molar-refractivity contribution in [2.24, 2.45) is 0 Å². The molecule has 3 aromatic rings. The van der Waals surface area contributed by atoms with Crippen LogP contribution >= 0.6 is 0 Å². The molecule has 0 saturated carbocycles. The van der Waals surface area contributed by atoms with Crippen LogP contribution in [-0.4, -0.2) is 4.57 Å². The molecule has 20 heavy (non-hydrogen) atoms.